The normalized spacial score (nSPS) is 12.6. The van der Waals surface area contributed by atoms with E-state index < -0.39 is 0 Å². The Labute approximate surface area is 126 Å². The highest BCUT2D eigenvalue weighted by Crippen LogP contribution is 2.25. The summed E-state index contributed by atoms with van der Waals surface area (Å²) in [6, 6.07) is 13.4. The van der Waals surface area contributed by atoms with E-state index in [0.29, 0.717) is 12.0 Å². The zero-order chi connectivity index (χ0) is 14.4. The second-order valence-corrected chi connectivity index (χ2v) is 6.25. The summed E-state index contributed by atoms with van der Waals surface area (Å²) in [5.74, 6) is 1.60. The molecule has 0 aliphatic rings. The molecule has 0 spiro atoms. The Morgan fingerprint density at radius 1 is 1.00 bits per heavy atom. The standard InChI is InChI=1S/C17H22N2S/c1-13(2)14-4-6-15(7-5-14)17(18-3)12-20-16-8-10-19-11-9-16/h4-11,13,17-18H,12H2,1-3H3. The van der Waals surface area contributed by atoms with Gasteiger partial charge < -0.3 is 5.32 Å². The highest BCUT2D eigenvalue weighted by Gasteiger charge is 2.10. The summed E-state index contributed by atoms with van der Waals surface area (Å²) in [4.78, 5) is 5.31. The van der Waals surface area contributed by atoms with E-state index in [2.05, 4.69) is 60.5 Å². The molecule has 1 heterocycles. The first kappa shape index (κ1) is 15.1. The minimum Gasteiger partial charge on any atom is -0.312 e. The van der Waals surface area contributed by atoms with Crippen molar-refractivity contribution in [3.05, 3.63) is 59.9 Å². The third-order valence-corrected chi connectivity index (χ3v) is 4.53. The largest absolute Gasteiger partial charge is 0.312 e. The molecule has 0 saturated heterocycles. The molecular weight excluding hydrogens is 264 g/mol. The number of hydrogen-bond donors (Lipinski definition) is 1. The summed E-state index contributed by atoms with van der Waals surface area (Å²) in [5, 5.41) is 3.40. The molecule has 0 aliphatic carbocycles. The Morgan fingerprint density at radius 3 is 2.15 bits per heavy atom. The van der Waals surface area contributed by atoms with E-state index in [1.54, 1.807) is 0 Å². The van der Waals surface area contributed by atoms with Gasteiger partial charge in [0.1, 0.15) is 0 Å². The number of nitrogens with one attached hydrogen (secondary N) is 1. The fourth-order valence-corrected chi connectivity index (χ4v) is 3.11. The first-order valence-electron chi connectivity index (χ1n) is 7.00. The van der Waals surface area contributed by atoms with E-state index in [9.17, 15) is 0 Å². The number of thioether (sulfide) groups is 1. The monoisotopic (exact) mass is 286 g/mol. The van der Waals surface area contributed by atoms with Crippen LogP contribution in [0.3, 0.4) is 0 Å². The van der Waals surface area contributed by atoms with Crippen molar-refractivity contribution >= 4 is 11.8 Å². The fraction of sp³-hybridized carbons (Fsp3) is 0.353. The number of rotatable bonds is 6. The summed E-state index contributed by atoms with van der Waals surface area (Å²) in [6.45, 7) is 4.45. The highest BCUT2D eigenvalue weighted by molar-refractivity contribution is 7.99. The second kappa shape index (κ2) is 7.46. The van der Waals surface area contributed by atoms with Crippen molar-refractivity contribution in [2.45, 2.75) is 30.7 Å². The molecule has 2 rings (SSSR count). The van der Waals surface area contributed by atoms with Crippen molar-refractivity contribution in [1.29, 1.82) is 0 Å². The van der Waals surface area contributed by atoms with E-state index in [1.807, 2.05) is 31.2 Å². The minimum absolute atomic E-state index is 0.370. The van der Waals surface area contributed by atoms with Crippen LogP contribution in [0.15, 0.2) is 53.7 Å². The van der Waals surface area contributed by atoms with Gasteiger partial charge in [0, 0.05) is 29.1 Å². The van der Waals surface area contributed by atoms with Gasteiger partial charge in [0.15, 0.2) is 0 Å². The van der Waals surface area contributed by atoms with Gasteiger partial charge in [-0.2, -0.15) is 0 Å². The van der Waals surface area contributed by atoms with Crippen molar-refractivity contribution in [2.24, 2.45) is 0 Å². The highest BCUT2D eigenvalue weighted by atomic mass is 32.2. The molecule has 0 fully saturated rings. The van der Waals surface area contributed by atoms with E-state index in [0.717, 1.165) is 5.75 Å². The molecule has 3 heteroatoms. The predicted octanol–water partition coefficient (Wildman–Crippen LogP) is 4.26. The number of aromatic nitrogens is 1. The first-order chi connectivity index (χ1) is 9.70. The van der Waals surface area contributed by atoms with Crippen LogP contribution in [0.4, 0.5) is 0 Å². The van der Waals surface area contributed by atoms with E-state index in [1.165, 1.54) is 16.0 Å². The molecule has 20 heavy (non-hydrogen) atoms. The van der Waals surface area contributed by atoms with Gasteiger partial charge in [-0.25, -0.2) is 0 Å². The van der Waals surface area contributed by atoms with E-state index in [4.69, 9.17) is 0 Å². The van der Waals surface area contributed by atoms with Gasteiger partial charge in [0.2, 0.25) is 0 Å². The van der Waals surface area contributed by atoms with Gasteiger partial charge in [-0.3, -0.25) is 4.98 Å². The Bertz CT molecular complexity index is 508. The Morgan fingerprint density at radius 2 is 1.60 bits per heavy atom. The lowest BCUT2D eigenvalue weighted by Crippen LogP contribution is -2.18. The summed E-state index contributed by atoms with van der Waals surface area (Å²) in [6.07, 6.45) is 3.68. The van der Waals surface area contributed by atoms with Crippen molar-refractivity contribution < 1.29 is 0 Å². The number of hydrogen-bond acceptors (Lipinski definition) is 3. The van der Waals surface area contributed by atoms with Crippen LogP contribution in [0, 0.1) is 0 Å². The van der Waals surface area contributed by atoms with Crippen LogP contribution in [-0.2, 0) is 0 Å². The number of pyridine rings is 1. The topological polar surface area (TPSA) is 24.9 Å². The molecule has 1 N–H and O–H groups in total. The molecule has 0 radical (unpaired) electrons. The molecule has 1 aromatic carbocycles. The smallest absolute Gasteiger partial charge is 0.0412 e. The maximum Gasteiger partial charge on any atom is 0.0412 e. The van der Waals surface area contributed by atoms with Gasteiger partial charge in [-0.1, -0.05) is 38.1 Å². The Hall–Kier alpha value is -1.32. The zero-order valence-electron chi connectivity index (χ0n) is 12.3. The lowest BCUT2D eigenvalue weighted by Gasteiger charge is -2.17. The molecule has 2 aromatic rings. The molecular formula is C17H22N2S. The minimum atomic E-state index is 0.370. The van der Waals surface area contributed by atoms with Crippen LogP contribution in [0.1, 0.15) is 36.9 Å². The molecule has 106 valence electrons. The van der Waals surface area contributed by atoms with Gasteiger partial charge in [-0.05, 0) is 36.2 Å². The molecule has 0 amide bonds. The predicted molar refractivity (Wildman–Crippen MR) is 87.3 cm³/mol. The molecule has 1 atom stereocenters. The van der Waals surface area contributed by atoms with Gasteiger partial charge in [0.25, 0.3) is 0 Å². The maximum absolute atomic E-state index is 4.05. The molecule has 2 nitrogen and oxygen atoms in total. The lowest BCUT2D eigenvalue weighted by atomic mass is 10.00. The molecule has 0 saturated carbocycles. The fourth-order valence-electron chi connectivity index (χ4n) is 2.07. The van der Waals surface area contributed by atoms with Crippen LogP contribution in [0.25, 0.3) is 0 Å². The summed E-state index contributed by atoms with van der Waals surface area (Å²) >= 11 is 1.86. The number of benzene rings is 1. The van der Waals surface area contributed by atoms with Crippen molar-refractivity contribution in [1.82, 2.24) is 10.3 Å². The average Bonchev–Trinajstić information content (AvgIpc) is 2.49. The van der Waals surface area contributed by atoms with Gasteiger partial charge >= 0.3 is 0 Å². The van der Waals surface area contributed by atoms with Gasteiger partial charge in [-0.15, -0.1) is 11.8 Å². The Kier molecular flexibility index (Phi) is 5.62. The lowest BCUT2D eigenvalue weighted by molar-refractivity contribution is 0.661. The molecule has 0 aliphatic heterocycles. The average molecular weight is 286 g/mol. The van der Waals surface area contributed by atoms with E-state index in [-0.39, 0.29) is 0 Å². The molecule has 0 bridgehead atoms. The van der Waals surface area contributed by atoms with Crippen LogP contribution >= 0.6 is 11.8 Å². The first-order valence-corrected chi connectivity index (χ1v) is 7.99. The molecule has 1 unspecified atom stereocenters. The SMILES string of the molecule is CNC(CSc1ccncc1)c1ccc(C(C)C)cc1. The third kappa shape index (κ3) is 4.09. The van der Waals surface area contributed by atoms with Crippen LogP contribution in [-0.4, -0.2) is 17.8 Å². The summed E-state index contributed by atoms with van der Waals surface area (Å²) < 4.78 is 0. The van der Waals surface area contributed by atoms with E-state index >= 15 is 0 Å². The van der Waals surface area contributed by atoms with Crippen molar-refractivity contribution in [3.8, 4) is 0 Å². The maximum atomic E-state index is 4.05. The van der Waals surface area contributed by atoms with Crippen LogP contribution < -0.4 is 5.32 Å². The van der Waals surface area contributed by atoms with Gasteiger partial charge in [0.05, 0.1) is 0 Å². The van der Waals surface area contributed by atoms with Crippen LogP contribution in [0.5, 0.6) is 0 Å². The summed E-state index contributed by atoms with van der Waals surface area (Å²) in [7, 11) is 2.02. The summed E-state index contributed by atoms with van der Waals surface area (Å²) in [5.41, 5.74) is 2.74. The zero-order valence-corrected chi connectivity index (χ0v) is 13.2. The van der Waals surface area contributed by atoms with Crippen molar-refractivity contribution in [2.75, 3.05) is 12.8 Å². The Balaban J connectivity index is 2.01. The van der Waals surface area contributed by atoms with Crippen LogP contribution in [0.2, 0.25) is 0 Å². The number of nitrogens with zero attached hydrogens (tertiary/aromatic N) is 1. The third-order valence-electron chi connectivity index (χ3n) is 3.42. The molecule has 1 aromatic heterocycles. The quantitative estimate of drug-likeness (QED) is 0.803. The van der Waals surface area contributed by atoms with Crippen molar-refractivity contribution in [3.63, 3.8) is 0 Å². The second-order valence-electron chi connectivity index (χ2n) is 5.16.